The van der Waals surface area contributed by atoms with Crippen LogP contribution in [0.5, 0.6) is 0 Å². The summed E-state index contributed by atoms with van der Waals surface area (Å²) in [6.45, 7) is 2.01. The van der Waals surface area contributed by atoms with Crippen LogP contribution in [0, 0.1) is 0 Å². The lowest BCUT2D eigenvalue weighted by atomic mass is 10.1. The topological polar surface area (TPSA) is 47.3 Å². The molecule has 3 N–H and O–H groups in total. The molecular weight excluding hydrogens is 184 g/mol. The molecule has 1 aromatic heterocycles. The predicted molar refractivity (Wildman–Crippen MR) is 55.6 cm³/mol. The first kappa shape index (κ1) is 10.7. The average molecular weight is 200 g/mol. The van der Waals surface area contributed by atoms with E-state index < -0.39 is 0 Å². The van der Waals surface area contributed by atoms with Crippen LogP contribution in [0.15, 0.2) is 16.8 Å². The highest BCUT2D eigenvalue weighted by Gasteiger charge is 2.15. The maximum absolute atomic E-state index is 5.44. The van der Waals surface area contributed by atoms with Crippen LogP contribution >= 0.6 is 11.3 Å². The highest BCUT2D eigenvalue weighted by molar-refractivity contribution is 7.07. The molecule has 2 atom stereocenters. The van der Waals surface area contributed by atoms with Crippen molar-refractivity contribution in [2.75, 3.05) is 7.11 Å². The Morgan fingerprint density at radius 3 is 2.92 bits per heavy atom. The van der Waals surface area contributed by atoms with Crippen LogP contribution in [0.4, 0.5) is 0 Å². The van der Waals surface area contributed by atoms with Crippen LogP contribution in [-0.2, 0) is 11.2 Å². The van der Waals surface area contributed by atoms with Gasteiger partial charge >= 0.3 is 0 Å². The summed E-state index contributed by atoms with van der Waals surface area (Å²) in [6.07, 6.45) is 1.04. The first-order valence-corrected chi connectivity index (χ1v) is 5.22. The molecule has 1 rings (SSSR count). The van der Waals surface area contributed by atoms with Gasteiger partial charge in [-0.3, -0.25) is 11.3 Å². The zero-order valence-electron chi connectivity index (χ0n) is 7.99. The number of nitrogens with one attached hydrogen (secondary N) is 1. The van der Waals surface area contributed by atoms with Gasteiger partial charge in [-0.1, -0.05) is 0 Å². The van der Waals surface area contributed by atoms with Gasteiger partial charge in [-0.25, -0.2) is 0 Å². The molecule has 0 bridgehead atoms. The lowest BCUT2D eigenvalue weighted by molar-refractivity contribution is 0.0832. The number of hydrogen-bond donors (Lipinski definition) is 2. The Labute approximate surface area is 82.9 Å². The molecule has 13 heavy (non-hydrogen) atoms. The molecule has 1 aromatic rings. The van der Waals surface area contributed by atoms with Gasteiger partial charge in [0, 0.05) is 7.11 Å². The maximum atomic E-state index is 5.44. The molecule has 0 aromatic carbocycles. The van der Waals surface area contributed by atoms with Crippen molar-refractivity contribution >= 4 is 11.3 Å². The van der Waals surface area contributed by atoms with Crippen molar-refractivity contribution in [1.82, 2.24) is 5.43 Å². The van der Waals surface area contributed by atoms with Crippen LogP contribution in [0.2, 0.25) is 0 Å². The van der Waals surface area contributed by atoms with Gasteiger partial charge in [-0.05, 0) is 35.7 Å². The van der Waals surface area contributed by atoms with Crippen LogP contribution in [-0.4, -0.2) is 19.3 Å². The number of hydrogen-bond acceptors (Lipinski definition) is 4. The molecule has 1 heterocycles. The van der Waals surface area contributed by atoms with E-state index in [4.69, 9.17) is 10.6 Å². The maximum Gasteiger partial charge on any atom is 0.0712 e. The van der Waals surface area contributed by atoms with E-state index in [-0.39, 0.29) is 12.1 Å². The van der Waals surface area contributed by atoms with E-state index in [0.717, 1.165) is 6.42 Å². The molecule has 0 fully saturated rings. The van der Waals surface area contributed by atoms with Crippen molar-refractivity contribution in [2.24, 2.45) is 5.84 Å². The Morgan fingerprint density at radius 2 is 2.46 bits per heavy atom. The third-order valence-corrected chi connectivity index (χ3v) is 2.92. The molecule has 0 aliphatic heterocycles. The number of methoxy groups -OCH3 is 1. The van der Waals surface area contributed by atoms with Crippen molar-refractivity contribution in [3.8, 4) is 0 Å². The van der Waals surface area contributed by atoms with Gasteiger partial charge in [0.05, 0.1) is 12.1 Å². The SMILES string of the molecule is COC(C)C(Cc1ccsc1)NN. The third-order valence-electron chi connectivity index (χ3n) is 2.19. The summed E-state index contributed by atoms with van der Waals surface area (Å²) in [5.41, 5.74) is 4.07. The quantitative estimate of drug-likeness (QED) is 0.554. The fraction of sp³-hybridized carbons (Fsp3) is 0.556. The number of thiophene rings is 1. The first-order valence-electron chi connectivity index (χ1n) is 4.28. The van der Waals surface area contributed by atoms with E-state index >= 15 is 0 Å². The fourth-order valence-electron chi connectivity index (χ4n) is 1.19. The molecule has 74 valence electrons. The highest BCUT2D eigenvalue weighted by Crippen LogP contribution is 2.10. The van der Waals surface area contributed by atoms with Gasteiger partial charge in [0.25, 0.3) is 0 Å². The van der Waals surface area contributed by atoms with E-state index in [9.17, 15) is 0 Å². The molecule has 4 heteroatoms. The zero-order chi connectivity index (χ0) is 9.68. The molecule has 0 radical (unpaired) electrons. The van der Waals surface area contributed by atoms with Gasteiger partial charge in [-0.15, -0.1) is 0 Å². The number of hydrazine groups is 1. The van der Waals surface area contributed by atoms with Crippen LogP contribution < -0.4 is 11.3 Å². The second kappa shape index (κ2) is 5.34. The summed E-state index contributed by atoms with van der Waals surface area (Å²) in [4.78, 5) is 0. The molecule has 0 aliphatic rings. The standard InChI is InChI=1S/C9H16N2OS/c1-7(12-2)9(11-10)5-8-3-4-13-6-8/h3-4,6-7,9,11H,5,10H2,1-2H3. The molecular formula is C9H16N2OS. The minimum Gasteiger partial charge on any atom is -0.380 e. The average Bonchev–Trinajstić information content (AvgIpc) is 2.65. The Kier molecular flexibility index (Phi) is 4.38. The number of ether oxygens (including phenoxy) is 1. The van der Waals surface area contributed by atoms with Gasteiger partial charge in [0.2, 0.25) is 0 Å². The summed E-state index contributed by atoms with van der Waals surface area (Å²) < 4.78 is 5.21. The lowest BCUT2D eigenvalue weighted by Crippen LogP contribution is -2.44. The van der Waals surface area contributed by atoms with Crippen LogP contribution in [0.25, 0.3) is 0 Å². The number of rotatable bonds is 5. The Hall–Kier alpha value is -0.420. The molecule has 0 amide bonds. The van der Waals surface area contributed by atoms with Crippen LogP contribution in [0.1, 0.15) is 12.5 Å². The largest absolute Gasteiger partial charge is 0.380 e. The van der Waals surface area contributed by atoms with Gasteiger partial charge < -0.3 is 4.74 Å². The van der Waals surface area contributed by atoms with Crippen molar-refractivity contribution in [3.05, 3.63) is 22.4 Å². The third kappa shape index (κ3) is 3.08. The normalized spacial score (nSPS) is 15.6. The molecule has 0 saturated carbocycles. The van der Waals surface area contributed by atoms with Gasteiger partial charge in [0.1, 0.15) is 0 Å². The Bertz CT molecular complexity index is 226. The summed E-state index contributed by atoms with van der Waals surface area (Å²) >= 11 is 1.70. The van der Waals surface area contributed by atoms with Crippen LogP contribution in [0.3, 0.4) is 0 Å². The second-order valence-electron chi connectivity index (χ2n) is 3.05. The van der Waals surface area contributed by atoms with Gasteiger partial charge in [-0.2, -0.15) is 11.3 Å². The summed E-state index contributed by atoms with van der Waals surface area (Å²) in [6, 6.07) is 2.29. The second-order valence-corrected chi connectivity index (χ2v) is 3.83. The van der Waals surface area contributed by atoms with Gasteiger partial charge in [0.15, 0.2) is 0 Å². The first-order chi connectivity index (χ1) is 6.27. The van der Waals surface area contributed by atoms with Crippen molar-refractivity contribution in [2.45, 2.75) is 25.5 Å². The fourth-order valence-corrected chi connectivity index (χ4v) is 1.87. The van der Waals surface area contributed by atoms with E-state index in [2.05, 4.69) is 22.3 Å². The molecule has 3 nitrogen and oxygen atoms in total. The summed E-state index contributed by atoms with van der Waals surface area (Å²) in [5.74, 6) is 5.44. The minimum absolute atomic E-state index is 0.130. The van der Waals surface area contributed by atoms with E-state index in [1.165, 1.54) is 5.56 Å². The van der Waals surface area contributed by atoms with E-state index in [0.29, 0.717) is 0 Å². The highest BCUT2D eigenvalue weighted by atomic mass is 32.1. The molecule has 0 spiro atoms. The zero-order valence-corrected chi connectivity index (χ0v) is 8.80. The van der Waals surface area contributed by atoms with E-state index in [1.54, 1.807) is 18.4 Å². The molecule has 0 saturated heterocycles. The Balaban J connectivity index is 2.49. The molecule has 2 unspecified atom stereocenters. The lowest BCUT2D eigenvalue weighted by Gasteiger charge is -2.21. The van der Waals surface area contributed by atoms with Crippen molar-refractivity contribution in [1.29, 1.82) is 0 Å². The summed E-state index contributed by atoms with van der Waals surface area (Å²) in [7, 11) is 1.70. The van der Waals surface area contributed by atoms with Crippen molar-refractivity contribution in [3.63, 3.8) is 0 Å². The number of nitrogens with two attached hydrogens (primary N) is 1. The van der Waals surface area contributed by atoms with Crippen molar-refractivity contribution < 1.29 is 4.74 Å². The smallest absolute Gasteiger partial charge is 0.0712 e. The predicted octanol–water partition coefficient (Wildman–Crippen LogP) is 1.16. The Morgan fingerprint density at radius 1 is 1.69 bits per heavy atom. The molecule has 0 aliphatic carbocycles. The van der Waals surface area contributed by atoms with E-state index in [1.807, 2.05) is 6.92 Å². The monoisotopic (exact) mass is 200 g/mol. The summed E-state index contributed by atoms with van der Waals surface area (Å²) in [5, 5.41) is 4.20. The minimum atomic E-state index is 0.130.